The van der Waals surface area contributed by atoms with Crippen LogP contribution in [-0.2, 0) is 0 Å². The van der Waals surface area contributed by atoms with Crippen molar-refractivity contribution in [2.24, 2.45) is 0 Å². The van der Waals surface area contributed by atoms with Gasteiger partial charge in [0.05, 0.1) is 0 Å². The highest BCUT2D eigenvalue weighted by molar-refractivity contribution is 6.30. The van der Waals surface area contributed by atoms with E-state index in [0.29, 0.717) is 5.92 Å². The Morgan fingerprint density at radius 1 is 1.17 bits per heavy atom. The van der Waals surface area contributed by atoms with Gasteiger partial charge in [0.1, 0.15) is 5.75 Å². The van der Waals surface area contributed by atoms with Crippen LogP contribution < -0.4 is 0 Å². The molecule has 2 heteroatoms. The van der Waals surface area contributed by atoms with E-state index in [9.17, 15) is 5.11 Å². The first kappa shape index (κ1) is 13.0. The molecule has 0 radical (unpaired) electrons. The summed E-state index contributed by atoms with van der Waals surface area (Å²) in [5.41, 5.74) is 3.38. The standard InChI is InChI=1S/C16H17ClO/c1-3-11(2)15-8-7-13(17)10-16(15)12-5-4-6-14(18)9-12/h4-11,18H,3H2,1-2H3. The maximum Gasteiger partial charge on any atom is 0.116 e. The maximum absolute atomic E-state index is 9.60. The number of phenols is 1. The molecule has 94 valence electrons. The van der Waals surface area contributed by atoms with Crippen LogP contribution in [0.5, 0.6) is 5.75 Å². The molecule has 0 saturated heterocycles. The summed E-state index contributed by atoms with van der Waals surface area (Å²) in [6.07, 6.45) is 1.08. The SMILES string of the molecule is CCC(C)c1ccc(Cl)cc1-c1cccc(O)c1. The molecule has 2 aromatic carbocycles. The predicted molar refractivity (Wildman–Crippen MR) is 77.3 cm³/mol. The molecule has 0 bridgehead atoms. The number of halogens is 1. The van der Waals surface area contributed by atoms with Crippen molar-refractivity contribution < 1.29 is 5.11 Å². The fraction of sp³-hybridized carbons (Fsp3) is 0.250. The first-order valence-corrected chi connectivity index (χ1v) is 6.58. The van der Waals surface area contributed by atoms with Gasteiger partial charge in [0.25, 0.3) is 0 Å². The lowest BCUT2D eigenvalue weighted by Crippen LogP contribution is -1.95. The van der Waals surface area contributed by atoms with Crippen LogP contribution in [0.2, 0.25) is 5.02 Å². The monoisotopic (exact) mass is 260 g/mol. The topological polar surface area (TPSA) is 20.2 Å². The third-order valence-corrected chi connectivity index (χ3v) is 3.55. The Hall–Kier alpha value is -1.47. The van der Waals surface area contributed by atoms with E-state index in [2.05, 4.69) is 19.9 Å². The predicted octanol–water partition coefficient (Wildman–Crippen LogP) is 5.23. The average Bonchev–Trinajstić information content (AvgIpc) is 2.38. The summed E-state index contributed by atoms with van der Waals surface area (Å²) in [4.78, 5) is 0. The van der Waals surface area contributed by atoms with Crippen LogP contribution in [0.3, 0.4) is 0 Å². The maximum atomic E-state index is 9.60. The summed E-state index contributed by atoms with van der Waals surface area (Å²) in [6, 6.07) is 13.3. The molecule has 0 aliphatic heterocycles. The minimum atomic E-state index is 0.280. The van der Waals surface area contributed by atoms with E-state index in [1.54, 1.807) is 12.1 Å². The number of rotatable bonds is 3. The van der Waals surface area contributed by atoms with Gasteiger partial charge in [-0.1, -0.05) is 43.6 Å². The molecule has 0 aliphatic rings. The van der Waals surface area contributed by atoms with Crippen molar-refractivity contribution in [1.82, 2.24) is 0 Å². The van der Waals surface area contributed by atoms with Crippen molar-refractivity contribution in [3.63, 3.8) is 0 Å². The number of hydrogen-bond donors (Lipinski definition) is 1. The van der Waals surface area contributed by atoms with E-state index in [1.165, 1.54) is 5.56 Å². The number of aromatic hydroxyl groups is 1. The highest BCUT2D eigenvalue weighted by Crippen LogP contribution is 2.34. The van der Waals surface area contributed by atoms with Gasteiger partial charge >= 0.3 is 0 Å². The number of phenolic OH excluding ortho intramolecular Hbond substituents is 1. The minimum Gasteiger partial charge on any atom is -0.508 e. The van der Waals surface area contributed by atoms with Crippen molar-refractivity contribution in [1.29, 1.82) is 0 Å². The van der Waals surface area contributed by atoms with Crippen LogP contribution in [0, 0.1) is 0 Å². The summed E-state index contributed by atoms with van der Waals surface area (Å²) in [6.45, 7) is 4.38. The Morgan fingerprint density at radius 2 is 1.94 bits per heavy atom. The lowest BCUT2D eigenvalue weighted by atomic mass is 9.90. The molecule has 0 saturated carbocycles. The first-order chi connectivity index (χ1) is 8.61. The third-order valence-electron chi connectivity index (χ3n) is 3.32. The normalized spacial score (nSPS) is 12.4. The molecule has 0 spiro atoms. The number of benzene rings is 2. The van der Waals surface area contributed by atoms with Gasteiger partial charge in [0.2, 0.25) is 0 Å². The lowest BCUT2D eigenvalue weighted by molar-refractivity contribution is 0.475. The minimum absolute atomic E-state index is 0.280. The largest absolute Gasteiger partial charge is 0.508 e. The van der Waals surface area contributed by atoms with Crippen molar-refractivity contribution in [2.75, 3.05) is 0 Å². The van der Waals surface area contributed by atoms with Crippen LogP contribution in [0.15, 0.2) is 42.5 Å². The smallest absolute Gasteiger partial charge is 0.116 e. The van der Waals surface area contributed by atoms with Gasteiger partial charge in [-0.3, -0.25) is 0 Å². The van der Waals surface area contributed by atoms with Crippen LogP contribution in [-0.4, -0.2) is 5.11 Å². The molecule has 2 rings (SSSR count). The molecule has 0 aromatic heterocycles. The molecule has 1 nitrogen and oxygen atoms in total. The fourth-order valence-corrected chi connectivity index (χ4v) is 2.27. The summed E-state index contributed by atoms with van der Waals surface area (Å²) in [5, 5.41) is 10.3. The first-order valence-electron chi connectivity index (χ1n) is 6.20. The van der Waals surface area contributed by atoms with E-state index in [4.69, 9.17) is 11.6 Å². The Balaban J connectivity index is 2.58. The quantitative estimate of drug-likeness (QED) is 0.802. The van der Waals surface area contributed by atoms with Gasteiger partial charge in [0, 0.05) is 5.02 Å². The van der Waals surface area contributed by atoms with E-state index >= 15 is 0 Å². The molecule has 1 atom stereocenters. The molecule has 2 aromatic rings. The summed E-state index contributed by atoms with van der Waals surface area (Å²) >= 11 is 6.09. The Labute approximate surface area is 113 Å². The van der Waals surface area contributed by atoms with Crippen LogP contribution in [0.1, 0.15) is 31.7 Å². The van der Waals surface area contributed by atoms with Crippen LogP contribution in [0.25, 0.3) is 11.1 Å². The van der Waals surface area contributed by atoms with Gasteiger partial charge in [-0.2, -0.15) is 0 Å². The second-order valence-electron chi connectivity index (χ2n) is 4.59. The van der Waals surface area contributed by atoms with Gasteiger partial charge in [-0.05, 0) is 53.3 Å². The molecule has 1 N–H and O–H groups in total. The van der Waals surface area contributed by atoms with E-state index < -0.39 is 0 Å². The van der Waals surface area contributed by atoms with Gasteiger partial charge < -0.3 is 5.11 Å². The average molecular weight is 261 g/mol. The van der Waals surface area contributed by atoms with Gasteiger partial charge in [0.15, 0.2) is 0 Å². The van der Waals surface area contributed by atoms with Crippen molar-refractivity contribution in [3.05, 3.63) is 53.1 Å². The fourth-order valence-electron chi connectivity index (χ4n) is 2.10. The van der Waals surface area contributed by atoms with Gasteiger partial charge in [-0.15, -0.1) is 0 Å². The van der Waals surface area contributed by atoms with E-state index in [1.807, 2.05) is 24.3 Å². The number of hydrogen-bond acceptors (Lipinski definition) is 1. The van der Waals surface area contributed by atoms with Crippen LogP contribution in [0.4, 0.5) is 0 Å². The van der Waals surface area contributed by atoms with Gasteiger partial charge in [-0.25, -0.2) is 0 Å². The van der Waals surface area contributed by atoms with E-state index in [0.717, 1.165) is 22.6 Å². The Kier molecular flexibility index (Phi) is 3.93. The zero-order valence-electron chi connectivity index (χ0n) is 10.7. The lowest BCUT2D eigenvalue weighted by Gasteiger charge is -2.15. The molecule has 1 unspecified atom stereocenters. The molecule has 0 heterocycles. The molecule has 0 amide bonds. The van der Waals surface area contributed by atoms with Crippen molar-refractivity contribution >= 4 is 11.6 Å². The van der Waals surface area contributed by atoms with Crippen molar-refractivity contribution in [3.8, 4) is 16.9 Å². The zero-order chi connectivity index (χ0) is 13.1. The molecular formula is C16H17ClO. The summed E-state index contributed by atoms with van der Waals surface area (Å²) in [7, 11) is 0. The summed E-state index contributed by atoms with van der Waals surface area (Å²) < 4.78 is 0. The highest BCUT2D eigenvalue weighted by atomic mass is 35.5. The Bertz CT molecular complexity index is 549. The molecule has 0 aliphatic carbocycles. The zero-order valence-corrected chi connectivity index (χ0v) is 11.4. The molecule has 18 heavy (non-hydrogen) atoms. The Morgan fingerprint density at radius 3 is 2.61 bits per heavy atom. The highest BCUT2D eigenvalue weighted by Gasteiger charge is 2.11. The van der Waals surface area contributed by atoms with E-state index in [-0.39, 0.29) is 5.75 Å². The third kappa shape index (κ3) is 2.68. The second-order valence-corrected chi connectivity index (χ2v) is 5.03. The summed E-state index contributed by atoms with van der Waals surface area (Å²) in [5.74, 6) is 0.752. The second kappa shape index (κ2) is 5.45. The molecule has 0 fully saturated rings. The van der Waals surface area contributed by atoms with Crippen LogP contribution >= 0.6 is 11.6 Å². The molecular weight excluding hydrogens is 244 g/mol. The van der Waals surface area contributed by atoms with Crippen molar-refractivity contribution in [2.45, 2.75) is 26.2 Å².